The third-order valence-corrected chi connectivity index (χ3v) is 3.68. The predicted molar refractivity (Wildman–Crippen MR) is 95.8 cm³/mol. The van der Waals surface area contributed by atoms with E-state index in [1.807, 2.05) is 30.3 Å². The van der Waals surface area contributed by atoms with Gasteiger partial charge in [-0.2, -0.15) is 0 Å². The maximum Gasteiger partial charge on any atom is 0.162 e. The van der Waals surface area contributed by atoms with Gasteiger partial charge in [0.25, 0.3) is 0 Å². The Morgan fingerprint density at radius 2 is 1.45 bits per heavy atom. The number of anilines is 1. The van der Waals surface area contributed by atoms with Crippen molar-refractivity contribution in [1.29, 1.82) is 0 Å². The van der Waals surface area contributed by atoms with Crippen molar-refractivity contribution < 1.29 is 0 Å². The van der Waals surface area contributed by atoms with Gasteiger partial charge in [-0.25, -0.2) is 9.97 Å². The zero-order valence-electron chi connectivity index (χ0n) is 12.9. The van der Waals surface area contributed by atoms with Crippen LogP contribution in [0.25, 0.3) is 22.3 Å². The molecule has 114 valence electrons. The lowest BCUT2D eigenvalue weighted by Gasteiger charge is -2.22. The summed E-state index contributed by atoms with van der Waals surface area (Å²) in [6.07, 6.45) is 0. The summed E-state index contributed by atoms with van der Waals surface area (Å²) in [7, 11) is 0. The van der Waals surface area contributed by atoms with Crippen LogP contribution >= 0.6 is 12.4 Å². The van der Waals surface area contributed by atoms with Crippen LogP contribution in [0.2, 0.25) is 0 Å². The Morgan fingerprint density at radius 1 is 0.818 bits per heavy atom. The van der Waals surface area contributed by atoms with Gasteiger partial charge in [0.05, 0.1) is 5.52 Å². The molecule has 0 radical (unpaired) electrons. The number of rotatable bonds is 4. The molecule has 0 bridgehead atoms. The Balaban J connectivity index is 0.00000176. The van der Waals surface area contributed by atoms with E-state index in [1.165, 1.54) is 0 Å². The van der Waals surface area contributed by atoms with E-state index in [2.05, 4.69) is 43.0 Å². The normalized spacial score (nSPS) is 10.3. The summed E-state index contributed by atoms with van der Waals surface area (Å²) < 4.78 is 0. The molecule has 0 amide bonds. The molecular weight excluding hydrogens is 294 g/mol. The van der Waals surface area contributed by atoms with Crippen LogP contribution in [0.5, 0.6) is 0 Å². The van der Waals surface area contributed by atoms with Crippen molar-refractivity contribution in [3.63, 3.8) is 0 Å². The number of para-hydroxylation sites is 1. The van der Waals surface area contributed by atoms with Crippen LogP contribution in [0.3, 0.4) is 0 Å². The second-order valence-electron chi connectivity index (χ2n) is 4.93. The zero-order valence-corrected chi connectivity index (χ0v) is 13.7. The molecule has 0 spiro atoms. The molecule has 0 aliphatic rings. The van der Waals surface area contributed by atoms with E-state index in [9.17, 15) is 0 Å². The van der Waals surface area contributed by atoms with Crippen LogP contribution in [0.4, 0.5) is 5.82 Å². The van der Waals surface area contributed by atoms with Gasteiger partial charge in [0.1, 0.15) is 5.82 Å². The Hall–Kier alpha value is -2.13. The second-order valence-corrected chi connectivity index (χ2v) is 4.93. The zero-order chi connectivity index (χ0) is 14.7. The third kappa shape index (κ3) is 3.04. The largest absolute Gasteiger partial charge is 0.357 e. The lowest BCUT2D eigenvalue weighted by atomic mass is 10.1. The van der Waals surface area contributed by atoms with Gasteiger partial charge < -0.3 is 4.90 Å². The van der Waals surface area contributed by atoms with E-state index in [4.69, 9.17) is 9.97 Å². The number of nitrogens with zero attached hydrogens (tertiary/aromatic N) is 3. The standard InChI is InChI=1S/C18H19N3.ClH/c1-3-21(4-2)18-15-12-8-9-13-16(15)19-17(20-18)14-10-6-5-7-11-14;/h5-13H,3-4H2,1-2H3;1H. The fraction of sp³-hybridized carbons (Fsp3) is 0.222. The predicted octanol–water partition coefficient (Wildman–Crippen LogP) is 4.56. The van der Waals surface area contributed by atoms with Gasteiger partial charge in [0.15, 0.2) is 5.82 Å². The molecular formula is C18H20ClN3. The van der Waals surface area contributed by atoms with Gasteiger partial charge in [-0.05, 0) is 26.0 Å². The number of benzene rings is 2. The number of hydrogen-bond donors (Lipinski definition) is 0. The molecule has 4 heteroatoms. The summed E-state index contributed by atoms with van der Waals surface area (Å²) in [4.78, 5) is 11.8. The van der Waals surface area contributed by atoms with Crippen molar-refractivity contribution >= 4 is 29.1 Å². The van der Waals surface area contributed by atoms with Crippen LogP contribution in [0, 0.1) is 0 Å². The Bertz CT molecular complexity index is 740. The van der Waals surface area contributed by atoms with E-state index in [0.717, 1.165) is 41.2 Å². The maximum atomic E-state index is 4.83. The first-order valence-electron chi connectivity index (χ1n) is 7.40. The van der Waals surface area contributed by atoms with Gasteiger partial charge in [-0.1, -0.05) is 42.5 Å². The average molecular weight is 314 g/mol. The SMILES string of the molecule is CCN(CC)c1nc(-c2ccccc2)nc2ccccc12.Cl. The molecule has 3 nitrogen and oxygen atoms in total. The molecule has 0 N–H and O–H groups in total. The number of halogens is 1. The summed E-state index contributed by atoms with van der Waals surface area (Å²) in [5.74, 6) is 1.81. The third-order valence-electron chi connectivity index (χ3n) is 3.68. The summed E-state index contributed by atoms with van der Waals surface area (Å²) in [5, 5.41) is 1.11. The van der Waals surface area contributed by atoms with Crippen LogP contribution in [0.15, 0.2) is 54.6 Å². The molecule has 3 rings (SSSR count). The van der Waals surface area contributed by atoms with Crippen LogP contribution in [0.1, 0.15) is 13.8 Å². The molecule has 1 aromatic heterocycles. The van der Waals surface area contributed by atoms with Crippen molar-refractivity contribution in [2.24, 2.45) is 0 Å². The van der Waals surface area contributed by atoms with E-state index < -0.39 is 0 Å². The molecule has 2 aromatic carbocycles. The second kappa shape index (κ2) is 7.23. The number of aromatic nitrogens is 2. The van der Waals surface area contributed by atoms with Crippen molar-refractivity contribution in [2.75, 3.05) is 18.0 Å². The molecule has 0 aliphatic heterocycles. The van der Waals surface area contributed by atoms with Crippen molar-refractivity contribution in [2.45, 2.75) is 13.8 Å². The molecule has 1 heterocycles. The monoisotopic (exact) mass is 313 g/mol. The van der Waals surface area contributed by atoms with Crippen LogP contribution in [-0.4, -0.2) is 23.1 Å². The molecule has 0 fully saturated rings. The molecule has 0 aliphatic carbocycles. The highest BCUT2D eigenvalue weighted by atomic mass is 35.5. The molecule has 3 aromatic rings. The Labute approximate surface area is 137 Å². The maximum absolute atomic E-state index is 4.83. The highest BCUT2D eigenvalue weighted by Crippen LogP contribution is 2.27. The van der Waals surface area contributed by atoms with E-state index in [-0.39, 0.29) is 12.4 Å². The van der Waals surface area contributed by atoms with Gasteiger partial charge in [0.2, 0.25) is 0 Å². The lowest BCUT2D eigenvalue weighted by Crippen LogP contribution is -2.23. The minimum atomic E-state index is 0. The molecule has 22 heavy (non-hydrogen) atoms. The van der Waals surface area contributed by atoms with Crippen LogP contribution in [-0.2, 0) is 0 Å². The summed E-state index contributed by atoms with van der Waals surface area (Å²) in [6.45, 7) is 6.18. The summed E-state index contributed by atoms with van der Waals surface area (Å²) in [5.41, 5.74) is 2.05. The molecule has 0 unspecified atom stereocenters. The number of fused-ring (bicyclic) bond motifs is 1. The number of hydrogen-bond acceptors (Lipinski definition) is 3. The fourth-order valence-electron chi connectivity index (χ4n) is 2.54. The van der Waals surface area contributed by atoms with E-state index >= 15 is 0 Å². The first-order valence-corrected chi connectivity index (χ1v) is 7.40. The Morgan fingerprint density at radius 3 is 2.14 bits per heavy atom. The summed E-state index contributed by atoms with van der Waals surface area (Å²) in [6, 6.07) is 18.4. The fourth-order valence-corrected chi connectivity index (χ4v) is 2.54. The average Bonchev–Trinajstić information content (AvgIpc) is 2.56. The van der Waals surface area contributed by atoms with Crippen molar-refractivity contribution in [3.8, 4) is 11.4 Å². The summed E-state index contributed by atoms with van der Waals surface area (Å²) >= 11 is 0. The van der Waals surface area contributed by atoms with Gasteiger partial charge in [0, 0.05) is 24.0 Å². The van der Waals surface area contributed by atoms with Crippen LogP contribution < -0.4 is 4.90 Å². The first kappa shape index (κ1) is 16.2. The molecule has 0 saturated carbocycles. The van der Waals surface area contributed by atoms with E-state index in [0.29, 0.717) is 0 Å². The van der Waals surface area contributed by atoms with Gasteiger partial charge in [-0.3, -0.25) is 0 Å². The van der Waals surface area contributed by atoms with Crippen molar-refractivity contribution in [1.82, 2.24) is 9.97 Å². The first-order chi connectivity index (χ1) is 10.3. The highest BCUT2D eigenvalue weighted by Gasteiger charge is 2.12. The molecule has 0 saturated heterocycles. The Kier molecular flexibility index (Phi) is 5.34. The van der Waals surface area contributed by atoms with E-state index in [1.54, 1.807) is 0 Å². The quantitative estimate of drug-likeness (QED) is 0.706. The highest BCUT2D eigenvalue weighted by molar-refractivity contribution is 5.91. The topological polar surface area (TPSA) is 29.0 Å². The van der Waals surface area contributed by atoms with Gasteiger partial charge >= 0.3 is 0 Å². The smallest absolute Gasteiger partial charge is 0.162 e. The van der Waals surface area contributed by atoms with Gasteiger partial charge in [-0.15, -0.1) is 12.4 Å². The lowest BCUT2D eigenvalue weighted by molar-refractivity contribution is 0.850. The van der Waals surface area contributed by atoms with Crippen molar-refractivity contribution in [3.05, 3.63) is 54.6 Å². The minimum Gasteiger partial charge on any atom is -0.357 e. The molecule has 0 atom stereocenters. The minimum absolute atomic E-state index is 0.